The van der Waals surface area contributed by atoms with Gasteiger partial charge < -0.3 is 0 Å². The number of hydrogen-bond acceptors (Lipinski definition) is 2. The molecule has 0 aliphatic rings. The predicted octanol–water partition coefficient (Wildman–Crippen LogP) is 3.66. The van der Waals surface area contributed by atoms with Crippen molar-refractivity contribution < 1.29 is 8.42 Å². The quantitative estimate of drug-likeness (QED) is 0.854. The summed E-state index contributed by atoms with van der Waals surface area (Å²) in [4.78, 5) is 0.384. The highest BCUT2D eigenvalue weighted by molar-refractivity contribution is 9.10. The molecule has 0 atom stereocenters. The Morgan fingerprint density at radius 3 is 1.94 bits per heavy atom. The van der Waals surface area contributed by atoms with E-state index < -0.39 is 14.6 Å². The van der Waals surface area contributed by atoms with Crippen molar-refractivity contribution in [2.24, 2.45) is 5.92 Å². The van der Waals surface area contributed by atoms with Crippen molar-refractivity contribution in [3.8, 4) is 0 Å². The van der Waals surface area contributed by atoms with E-state index in [0.29, 0.717) is 4.90 Å². The van der Waals surface area contributed by atoms with Crippen LogP contribution in [0.5, 0.6) is 0 Å². The molecule has 0 fully saturated rings. The van der Waals surface area contributed by atoms with Crippen molar-refractivity contribution >= 4 is 25.8 Å². The van der Waals surface area contributed by atoms with Crippen molar-refractivity contribution in [1.29, 1.82) is 0 Å². The van der Waals surface area contributed by atoms with Gasteiger partial charge in [-0.3, -0.25) is 0 Å². The molecule has 0 N–H and O–H groups in total. The number of sulfone groups is 1. The van der Waals surface area contributed by atoms with E-state index in [0.717, 1.165) is 4.47 Å². The lowest BCUT2D eigenvalue weighted by Crippen LogP contribution is -2.37. The highest BCUT2D eigenvalue weighted by Gasteiger charge is 2.38. The first kappa shape index (κ1) is 13.7. The second kappa shape index (κ2) is 4.49. The third kappa shape index (κ3) is 2.33. The third-order valence-electron chi connectivity index (χ3n) is 3.21. The van der Waals surface area contributed by atoms with E-state index >= 15 is 0 Å². The van der Waals surface area contributed by atoms with Crippen LogP contribution in [0.2, 0.25) is 0 Å². The van der Waals surface area contributed by atoms with Gasteiger partial charge in [0.1, 0.15) is 0 Å². The highest BCUT2D eigenvalue weighted by atomic mass is 79.9. The van der Waals surface area contributed by atoms with Crippen molar-refractivity contribution in [2.75, 3.05) is 0 Å². The number of rotatable bonds is 3. The monoisotopic (exact) mass is 304 g/mol. The van der Waals surface area contributed by atoms with Crippen LogP contribution in [0.3, 0.4) is 0 Å². The Morgan fingerprint density at radius 1 is 1.12 bits per heavy atom. The fraction of sp³-hybridized carbons (Fsp3) is 0.500. The molecule has 0 spiro atoms. The minimum Gasteiger partial charge on any atom is -0.223 e. The molecule has 0 amide bonds. The molecule has 0 heterocycles. The van der Waals surface area contributed by atoms with Gasteiger partial charge in [-0.15, -0.1) is 0 Å². The van der Waals surface area contributed by atoms with Crippen LogP contribution in [0.15, 0.2) is 33.6 Å². The van der Waals surface area contributed by atoms with Crippen molar-refractivity contribution in [3.63, 3.8) is 0 Å². The van der Waals surface area contributed by atoms with Crippen LogP contribution in [0, 0.1) is 5.92 Å². The molecule has 0 aliphatic carbocycles. The Labute approximate surface area is 106 Å². The second-order valence-corrected chi connectivity index (χ2v) is 8.16. The number of halogens is 1. The maximum absolute atomic E-state index is 12.4. The van der Waals surface area contributed by atoms with Crippen LogP contribution in [0.1, 0.15) is 27.7 Å². The summed E-state index contributed by atoms with van der Waals surface area (Å²) >= 11 is 3.30. The molecule has 0 radical (unpaired) electrons. The molecule has 1 aromatic rings. The molecule has 0 aliphatic heterocycles. The lowest BCUT2D eigenvalue weighted by atomic mass is 10.00. The zero-order valence-corrected chi connectivity index (χ0v) is 12.4. The van der Waals surface area contributed by atoms with E-state index in [4.69, 9.17) is 0 Å². The Hall–Kier alpha value is -0.350. The summed E-state index contributed by atoms with van der Waals surface area (Å²) in [7, 11) is -3.28. The van der Waals surface area contributed by atoms with E-state index in [-0.39, 0.29) is 5.92 Å². The van der Waals surface area contributed by atoms with Gasteiger partial charge >= 0.3 is 0 Å². The fourth-order valence-corrected chi connectivity index (χ4v) is 3.21. The molecule has 0 bridgehead atoms. The lowest BCUT2D eigenvalue weighted by molar-refractivity contribution is 0.454. The van der Waals surface area contributed by atoms with Gasteiger partial charge in [0, 0.05) is 4.47 Å². The van der Waals surface area contributed by atoms with Gasteiger partial charge in [0.05, 0.1) is 9.64 Å². The van der Waals surface area contributed by atoms with Gasteiger partial charge in [-0.05, 0) is 44.0 Å². The van der Waals surface area contributed by atoms with Gasteiger partial charge in [0.2, 0.25) is 0 Å². The second-order valence-electron chi connectivity index (χ2n) is 4.72. The van der Waals surface area contributed by atoms with Gasteiger partial charge in [0.25, 0.3) is 0 Å². The Bertz CT molecular complexity index is 458. The Morgan fingerprint density at radius 2 is 1.56 bits per heavy atom. The summed E-state index contributed by atoms with van der Waals surface area (Å²) in [5.41, 5.74) is 0. The van der Waals surface area contributed by atoms with Gasteiger partial charge in [-0.2, -0.15) is 0 Å². The number of hydrogen-bond donors (Lipinski definition) is 0. The molecule has 16 heavy (non-hydrogen) atoms. The maximum Gasteiger partial charge on any atom is 0.183 e. The molecular weight excluding hydrogens is 288 g/mol. The van der Waals surface area contributed by atoms with Crippen LogP contribution < -0.4 is 0 Å². The molecule has 4 heteroatoms. The average Bonchev–Trinajstić information content (AvgIpc) is 2.17. The topological polar surface area (TPSA) is 34.1 Å². The number of benzene rings is 1. The van der Waals surface area contributed by atoms with Crippen LogP contribution in [0.4, 0.5) is 0 Å². The maximum atomic E-state index is 12.4. The molecule has 1 rings (SSSR count). The molecular formula is C12H17BrO2S. The molecule has 0 unspecified atom stereocenters. The van der Waals surface area contributed by atoms with Crippen LogP contribution >= 0.6 is 15.9 Å². The Balaban J connectivity index is 3.27. The summed E-state index contributed by atoms with van der Waals surface area (Å²) in [6.45, 7) is 7.40. The summed E-state index contributed by atoms with van der Waals surface area (Å²) < 4.78 is 24.9. The first-order valence-corrected chi connectivity index (χ1v) is 7.47. The van der Waals surface area contributed by atoms with Crippen molar-refractivity contribution in [2.45, 2.75) is 37.3 Å². The minimum atomic E-state index is -3.28. The molecule has 0 saturated carbocycles. The predicted molar refractivity (Wildman–Crippen MR) is 70.2 cm³/mol. The standard InChI is InChI=1S/C12H17BrO2S/c1-9(2)12(3,4)16(14,15)11-7-5-10(13)6-8-11/h5-9H,1-4H3. The van der Waals surface area contributed by atoms with Gasteiger partial charge in [0.15, 0.2) is 9.84 Å². The Kier molecular flexibility index (Phi) is 3.85. The third-order valence-corrected chi connectivity index (χ3v) is 6.49. The zero-order chi connectivity index (χ0) is 12.6. The fourth-order valence-electron chi connectivity index (χ4n) is 1.23. The van der Waals surface area contributed by atoms with Crippen molar-refractivity contribution in [3.05, 3.63) is 28.7 Å². The molecule has 2 nitrogen and oxygen atoms in total. The summed E-state index contributed by atoms with van der Waals surface area (Å²) in [5, 5.41) is 0. The van der Waals surface area contributed by atoms with Crippen molar-refractivity contribution in [1.82, 2.24) is 0 Å². The van der Waals surface area contributed by atoms with Crippen LogP contribution in [0.25, 0.3) is 0 Å². The highest BCUT2D eigenvalue weighted by Crippen LogP contribution is 2.32. The zero-order valence-electron chi connectivity index (χ0n) is 9.99. The van der Waals surface area contributed by atoms with E-state index in [1.165, 1.54) is 0 Å². The molecule has 0 aromatic heterocycles. The molecule has 90 valence electrons. The first-order valence-electron chi connectivity index (χ1n) is 5.20. The van der Waals surface area contributed by atoms with Gasteiger partial charge in [-0.25, -0.2) is 8.42 Å². The minimum absolute atomic E-state index is 0.0705. The van der Waals surface area contributed by atoms with Crippen LogP contribution in [-0.4, -0.2) is 13.2 Å². The molecule has 0 saturated heterocycles. The molecule has 1 aromatic carbocycles. The summed E-state index contributed by atoms with van der Waals surface area (Å²) in [5.74, 6) is 0.0705. The largest absolute Gasteiger partial charge is 0.223 e. The van der Waals surface area contributed by atoms with E-state index in [2.05, 4.69) is 15.9 Å². The van der Waals surface area contributed by atoms with E-state index in [9.17, 15) is 8.42 Å². The van der Waals surface area contributed by atoms with Gasteiger partial charge in [-0.1, -0.05) is 29.8 Å². The SMILES string of the molecule is CC(C)C(C)(C)S(=O)(=O)c1ccc(Br)cc1. The first-order chi connectivity index (χ1) is 7.19. The summed E-state index contributed by atoms with van der Waals surface area (Å²) in [6.07, 6.45) is 0. The lowest BCUT2D eigenvalue weighted by Gasteiger charge is -2.28. The van der Waals surface area contributed by atoms with E-state index in [1.807, 2.05) is 13.8 Å². The van der Waals surface area contributed by atoms with E-state index in [1.54, 1.807) is 38.1 Å². The smallest absolute Gasteiger partial charge is 0.183 e. The summed E-state index contributed by atoms with van der Waals surface area (Å²) in [6, 6.07) is 6.79. The normalized spacial score (nSPS) is 13.1. The average molecular weight is 305 g/mol. The van der Waals surface area contributed by atoms with Crippen LogP contribution in [-0.2, 0) is 9.84 Å².